The van der Waals surface area contributed by atoms with Crippen LogP contribution in [0.2, 0.25) is 0 Å². The quantitative estimate of drug-likeness (QED) is 0.925. The summed E-state index contributed by atoms with van der Waals surface area (Å²) in [4.78, 5) is 0. The molecule has 0 amide bonds. The third-order valence-corrected chi connectivity index (χ3v) is 5.61. The molecule has 2 heterocycles. The van der Waals surface area contributed by atoms with Crippen LogP contribution in [0.4, 0.5) is 0 Å². The summed E-state index contributed by atoms with van der Waals surface area (Å²) in [6.07, 6.45) is 3.50. The second kappa shape index (κ2) is 6.59. The van der Waals surface area contributed by atoms with Crippen LogP contribution in [0, 0.1) is 6.92 Å². The van der Waals surface area contributed by atoms with Gasteiger partial charge in [0.05, 0.1) is 12.2 Å². The Kier molecular flexibility index (Phi) is 4.77. The van der Waals surface area contributed by atoms with Crippen LogP contribution < -0.4 is 10.1 Å². The second-order valence-corrected chi connectivity index (χ2v) is 7.31. The highest BCUT2D eigenvalue weighted by Gasteiger charge is 2.41. The van der Waals surface area contributed by atoms with Crippen molar-refractivity contribution in [1.82, 2.24) is 5.32 Å². The smallest absolute Gasteiger partial charge is 0.124 e. The molecule has 2 atom stereocenters. The van der Waals surface area contributed by atoms with E-state index < -0.39 is 0 Å². The summed E-state index contributed by atoms with van der Waals surface area (Å²) in [5, 5.41) is 3.23. The summed E-state index contributed by atoms with van der Waals surface area (Å²) in [7, 11) is 1.98. The van der Waals surface area contributed by atoms with Crippen molar-refractivity contribution < 1.29 is 9.47 Å². The van der Waals surface area contributed by atoms with Gasteiger partial charge in [-0.05, 0) is 32.2 Å². The van der Waals surface area contributed by atoms with Crippen LogP contribution in [0.25, 0.3) is 0 Å². The Hall–Kier alpha value is -0.710. The van der Waals surface area contributed by atoms with Gasteiger partial charge in [-0.15, -0.1) is 0 Å². The molecule has 1 aromatic carbocycles. The van der Waals surface area contributed by atoms with Crippen molar-refractivity contribution in [3.05, 3.63) is 29.3 Å². The zero-order valence-corrected chi connectivity index (χ0v) is 13.8. The minimum absolute atomic E-state index is 0.0848. The van der Waals surface area contributed by atoms with E-state index in [1.165, 1.54) is 23.3 Å². The molecule has 0 radical (unpaired) electrons. The molecule has 21 heavy (non-hydrogen) atoms. The van der Waals surface area contributed by atoms with Gasteiger partial charge in [-0.3, -0.25) is 0 Å². The highest BCUT2D eigenvalue weighted by atomic mass is 32.2. The Bertz CT molecular complexity index is 486. The Morgan fingerprint density at radius 3 is 3.14 bits per heavy atom. The van der Waals surface area contributed by atoms with E-state index in [1.54, 1.807) is 0 Å². The number of benzene rings is 1. The molecule has 1 spiro atoms. The van der Waals surface area contributed by atoms with Crippen LogP contribution in [0.3, 0.4) is 0 Å². The number of hydrogen-bond donors (Lipinski definition) is 1. The third kappa shape index (κ3) is 3.55. The third-order valence-electron chi connectivity index (χ3n) is 4.39. The lowest BCUT2D eigenvalue weighted by Crippen LogP contribution is -2.43. The Morgan fingerprint density at radius 2 is 2.38 bits per heavy atom. The van der Waals surface area contributed by atoms with E-state index in [0.29, 0.717) is 0 Å². The van der Waals surface area contributed by atoms with Crippen molar-refractivity contribution in [1.29, 1.82) is 0 Å². The normalized spacial score (nSPS) is 29.0. The van der Waals surface area contributed by atoms with Crippen LogP contribution in [-0.2, 0) is 11.3 Å². The van der Waals surface area contributed by atoms with Gasteiger partial charge >= 0.3 is 0 Å². The van der Waals surface area contributed by atoms with Crippen molar-refractivity contribution in [2.45, 2.75) is 44.4 Å². The van der Waals surface area contributed by atoms with E-state index in [0.717, 1.165) is 37.5 Å². The molecule has 1 N–H and O–H groups in total. The molecule has 2 aliphatic rings. The van der Waals surface area contributed by atoms with Gasteiger partial charge in [0.2, 0.25) is 0 Å². The summed E-state index contributed by atoms with van der Waals surface area (Å²) >= 11 is 2.01. The number of rotatable bonds is 4. The molecule has 2 aliphatic heterocycles. The molecule has 4 heteroatoms. The van der Waals surface area contributed by atoms with Crippen LogP contribution in [-0.4, -0.2) is 36.9 Å². The predicted molar refractivity (Wildman–Crippen MR) is 88.2 cm³/mol. The molecule has 116 valence electrons. The number of aryl methyl sites for hydroxylation is 1. The average molecular weight is 307 g/mol. The maximum atomic E-state index is 6.35. The molecule has 0 saturated carbocycles. The topological polar surface area (TPSA) is 30.5 Å². The van der Waals surface area contributed by atoms with Gasteiger partial charge in [-0.2, -0.15) is 11.8 Å². The number of ether oxygens (including phenoxy) is 2. The lowest BCUT2D eigenvalue weighted by molar-refractivity contribution is -0.0960. The minimum Gasteiger partial charge on any atom is -0.490 e. The van der Waals surface area contributed by atoms with E-state index in [9.17, 15) is 0 Å². The van der Waals surface area contributed by atoms with Gasteiger partial charge < -0.3 is 14.8 Å². The van der Waals surface area contributed by atoms with Crippen LogP contribution in [0.1, 0.15) is 30.4 Å². The molecule has 2 fully saturated rings. The zero-order valence-electron chi connectivity index (χ0n) is 13.0. The van der Waals surface area contributed by atoms with Crippen molar-refractivity contribution in [2.24, 2.45) is 0 Å². The van der Waals surface area contributed by atoms with Crippen molar-refractivity contribution >= 4 is 11.8 Å². The van der Waals surface area contributed by atoms with Crippen LogP contribution in [0.5, 0.6) is 5.75 Å². The lowest BCUT2D eigenvalue weighted by Gasteiger charge is -2.37. The first kappa shape index (κ1) is 15.2. The average Bonchev–Trinajstić information content (AvgIpc) is 2.90. The minimum atomic E-state index is 0.0848. The van der Waals surface area contributed by atoms with Gasteiger partial charge in [-0.1, -0.05) is 17.7 Å². The molecule has 0 bridgehead atoms. The Labute approximate surface area is 131 Å². The van der Waals surface area contributed by atoms with Crippen LogP contribution in [0.15, 0.2) is 18.2 Å². The summed E-state index contributed by atoms with van der Waals surface area (Å²) in [6.45, 7) is 3.81. The molecule has 1 aromatic rings. The van der Waals surface area contributed by atoms with E-state index in [4.69, 9.17) is 9.47 Å². The highest BCUT2D eigenvalue weighted by molar-refractivity contribution is 7.99. The Balaban J connectivity index is 1.71. The fourth-order valence-corrected chi connectivity index (χ4v) is 4.66. The molecule has 3 nitrogen and oxygen atoms in total. The maximum absolute atomic E-state index is 6.35. The van der Waals surface area contributed by atoms with Crippen molar-refractivity contribution in [3.8, 4) is 5.75 Å². The fourth-order valence-electron chi connectivity index (χ4n) is 3.28. The predicted octanol–water partition coefficient (Wildman–Crippen LogP) is 3.15. The second-order valence-electron chi connectivity index (χ2n) is 6.21. The number of hydrogen-bond acceptors (Lipinski definition) is 4. The van der Waals surface area contributed by atoms with Gasteiger partial charge in [0.25, 0.3) is 0 Å². The summed E-state index contributed by atoms with van der Waals surface area (Å²) in [6, 6.07) is 6.47. The first-order valence-electron chi connectivity index (χ1n) is 7.83. The van der Waals surface area contributed by atoms with Crippen molar-refractivity contribution in [2.75, 3.05) is 25.2 Å². The van der Waals surface area contributed by atoms with Gasteiger partial charge in [0, 0.05) is 30.7 Å². The van der Waals surface area contributed by atoms with Gasteiger partial charge in [0.1, 0.15) is 11.9 Å². The first-order valence-corrected chi connectivity index (χ1v) is 8.99. The van der Waals surface area contributed by atoms with Crippen molar-refractivity contribution in [3.63, 3.8) is 0 Å². The van der Waals surface area contributed by atoms with E-state index >= 15 is 0 Å². The lowest BCUT2D eigenvalue weighted by atomic mass is 9.91. The zero-order chi connectivity index (χ0) is 14.7. The summed E-state index contributed by atoms with van der Waals surface area (Å²) in [5.74, 6) is 3.38. The molecular weight excluding hydrogens is 282 g/mol. The standard InChI is InChI=1S/C17H25NO2S/c1-13-3-4-16(14(9-13)11-18-2)20-15-5-7-19-17(10-15)6-8-21-12-17/h3-4,9,15,18H,5-8,10-12H2,1-2H3. The van der Waals surface area contributed by atoms with E-state index in [1.807, 2.05) is 18.8 Å². The molecule has 0 aliphatic carbocycles. The van der Waals surface area contributed by atoms with Crippen LogP contribution >= 0.6 is 11.8 Å². The molecule has 2 saturated heterocycles. The fraction of sp³-hybridized carbons (Fsp3) is 0.647. The first-order chi connectivity index (χ1) is 10.2. The SMILES string of the molecule is CNCc1cc(C)ccc1OC1CCOC2(CCSC2)C1. The van der Waals surface area contributed by atoms with E-state index in [-0.39, 0.29) is 11.7 Å². The monoisotopic (exact) mass is 307 g/mol. The summed E-state index contributed by atoms with van der Waals surface area (Å²) in [5.41, 5.74) is 2.61. The maximum Gasteiger partial charge on any atom is 0.124 e. The van der Waals surface area contributed by atoms with E-state index in [2.05, 4.69) is 30.4 Å². The molecule has 2 unspecified atom stereocenters. The highest BCUT2D eigenvalue weighted by Crippen LogP contribution is 2.39. The molecule has 3 rings (SSSR count). The largest absolute Gasteiger partial charge is 0.490 e. The molecular formula is C17H25NO2S. The van der Waals surface area contributed by atoms with Gasteiger partial charge in [-0.25, -0.2) is 0 Å². The summed E-state index contributed by atoms with van der Waals surface area (Å²) < 4.78 is 12.4. The number of nitrogens with one attached hydrogen (secondary N) is 1. The van der Waals surface area contributed by atoms with Gasteiger partial charge in [0.15, 0.2) is 0 Å². The Morgan fingerprint density at radius 1 is 1.48 bits per heavy atom. The molecule has 0 aromatic heterocycles. The number of thioether (sulfide) groups is 1.